The van der Waals surface area contributed by atoms with E-state index < -0.39 is 0 Å². The summed E-state index contributed by atoms with van der Waals surface area (Å²) in [5.74, 6) is 1.43. The van der Waals surface area contributed by atoms with Gasteiger partial charge in [0.05, 0.1) is 6.20 Å². The van der Waals surface area contributed by atoms with Crippen molar-refractivity contribution in [3.05, 3.63) is 34.2 Å². The molecule has 8 nitrogen and oxygen atoms in total. The molecule has 0 bridgehead atoms. The summed E-state index contributed by atoms with van der Waals surface area (Å²) >= 11 is 0. The number of rotatable bonds is 4. The topological polar surface area (TPSA) is 95.0 Å². The first kappa shape index (κ1) is 16.5. The molecule has 2 heterocycles. The molecule has 0 aromatic carbocycles. The summed E-state index contributed by atoms with van der Waals surface area (Å²) in [7, 11) is 3.38. The van der Waals surface area contributed by atoms with Crippen molar-refractivity contribution >= 4 is 5.91 Å². The number of hydrogen-bond acceptors (Lipinski definition) is 5. The lowest BCUT2D eigenvalue weighted by Crippen LogP contribution is -2.43. The Balaban J connectivity index is 1.72. The van der Waals surface area contributed by atoms with E-state index in [1.165, 1.54) is 10.9 Å². The summed E-state index contributed by atoms with van der Waals surface area (Å²) in [5, 5.41) is 7.35. The highest BCUT2D eigenvalue weighted by atomic mass is 16.4. The number of aromatic nitrogens is 4. The minimum absolute atomic E-state index is 0.0376. The molecule has 0 radical (unpaired) electrons. The zero-order chi connectivity index (χ0) is 17.3. The Morgan fingerprint density at radius 3 is 2.75 bits per heavy atom. The standard InChI is InChI=1S/C16H23N5O3/c1-10-9-17-15(24-10)14(22)18-12-7-5-4-6-11(12)8-13-19-21(3)16(23)20(13)2/h9,11-12H,4-8H2,1-3H3,(H,18,22)/t11-,12-/m1/s1. The molecule has 1 aliphatic rings. The third-order valence-electron chi connectivity index (χ3n) is 4.70. The minimum atomic E-state index is -0.282. The maximum atomic E-state index is 12.3. The Kier molecular flexibility index (Phi) is 4.55. The number of oxazole rings is 1. The van der Waals surface area contributed by atoms with Gasteiger partial charge in [0.1, 0.15) is 11.6 Å². The van der Waals surface area contributed by atoms with Gasteiger partial charge in [0.15, 0.2) is 0 Å². The van der Waals surface area contributed by atoms with E-state index in [0.29, 0.717) is 12.2 Å². The lowest BCUT2D eigenvalue weighted by atomic mass is 9.82. The molecule has 2 aromatic heterocycles. The molecule has 0 unspecified atom stereocenters. The Labute approximate surface area is 139 Å². The maximum absolute atomic E-state index is 12.3. The number of carbonyl (C=O) groups excluding carboxylic acids is 1. The van der Waals surface area contributed by atoms with E-state index in [-0.39, 0.29) is 29.4 Å². The van der Waals surface area contributed by atoms with Crippen LogP contribution in [0, 0.1) is 12.8 Å². The van der Waals surface area contributed by atoms with E-state index in [9.17, 15) is 9.59 Å². The first-order valence-corrected chi connectivity index (χ1v) is 8.28. The van der Waals surface area contributed by atoms with Crippen molar-refractivity contribution in [2.24, 2.45) is 20.0 Å². The summed E-state index contributed by atoms with van der Waals surface area (Å²) < 4.78 is 8.22. The monoisotopic (exact) mass is 333 g/mol. The fourth-order valence-electron chi connectivity index (χ4n) is 3.35. The number of amides is 1. The Morgan fingerprint density at radius 1 is 1.38 bits per heavy atom. The highest BCUT2D eigenvalue weighted by Crippen LogP contribution is 2.27. The largest absolute Gasteiger partial charge is 0.438 e. The van der Waals surface area contributed by atoms with Gasteiger partial charge in [-0.15, -0.1) is 0 Å². The number of aryl methyl sites for hydroxylation is 2. The summed E-state index contributed by atoms with van der Waals surface area (Å²) in [6, 6.07) is 0.0376. The van der Waals surface area contributed by atoms with Crippen molar-refractivity contribution < 1.29 is 9.21 Å². The molecule has 0 aliphatic heterocycles. The summed E-state index contributed by atoms with van der Waals surface area (Å²) in [6.07, 6.45) is 6.32. The zero-order valence-corrected chi connectivity index (χ0v) is 14.3. The van der Waals surface area contributed by atoms with E-state index >= 15 is 0 Å². The molecule has 0 saturated heterocycles. The minimum Gasteiger partial charge on any atom is -0.438 e. The van der Waals surface area contributed by atoms with Gasteiger partial charge in [-0.25, -0.2) is 14.5 Å². The molecule has 24 heavy (non-hydrogen) atoms. The van der Waals surface area contributed by atoms with E-state index in [1.807, 2.05) is 0 Å². The average molecular weight is 333 g/mol. The number of carbonyl (C=O) groups is 1. The van der Waals surface area contributed by atoms with Crippen molar-refractivity contribution in [3.8, 4) is 0 Å². The molecule has 1 N–H and O–H groups in total. The second kappa shape index (κ2) is 6.62. The van der Waals surface area contributed by atoms with Crippen LogP contribution in [-0.2, 0) is 20.5 Å². The van der Waals surface area contributed by atoms with Crippen LogP contribution in [0.15, 0.2) is 15.4 Å². The molecule has 2 atom stereocenters. The second-order valence-electron chi connectivity index (χ2n) is 6.49. The SMILES string of the molecule is Cc1cnc(C(=O)N[C@@H]2CCCC[C@@H]2Cc2nn(C)c(=O)n2C)o1. The van der Waals surface area contributed by atoms with Gasteiger partial charge in [0, 0.05) is 26.6 Å². The van der Waals surface area contributed by atoms with Crippen LogP contribution in [0.5, 0.6) is 0 Å². The van der Waals surface area contributed by atoms with Crippen LogP contribution >= 0.6 is 0 Å². The van der Waals surface area contributed by atoms with Gasteiger partial charge in [-0.2, -0.15) is 5.10 Å². The number of nitrogens with zero attached hydrogens (tertiary/aromatic N) is 4. The molecule has 0 spiro atoms. The molecule has 1 fully saturated rings. The fraction of sp³-hybridized carbons (Fsp3) is 0.625. The normalized spacial score (nSPS) is 21.0. The van der Waals surface area contributed by atoms with Crippen LogP contribution in [0.25, 0.3) is 0 Å². The van der Waals surface area contributed by atoms with E-state index in [1.54, 1.807) is 25.6 Å². The van der Waals surface area contributed by atoms with Crippen LogP contribution < -0.4 is 11.0 Å². The molecule has 3 rings (SSSR count). The summed E-state index contributed by atoms with van der Waals surface area (Å²) in [5.41, 5.74) is -0.128. The average Bonchev–Trinajstić information content (AvgIpc) is 3.09. The van der Waals surface area contributed by atoms with Crippen LogP contribution in [0.2, 0.25) is 0 Å². The Morgan fingerprint density at radius 2 is 2.12 bits per heavy atom. The van der Waals surface area contributed by atoms with Crippen molar-refractivity contribution in [1.29, 1.82) is 0 Å². The number of nitrogens with one attached hydrogen (secondary N) is 1. The van der Waals surface area contributed by atoms with Crippen molar-refractivity contribution in [1.82, 2.24) is 24.6 Å². The van der Waals surface area contributed by atoms with E-state index in [2.05, 4.69) is 15.4 Å². The molecule has 2 aromatic rings. The summed E-state index contributed by atoms with van der Waals surface area (Å²) in [6.45, 7) is 1.76. The third kappa shape index (κ3) is 3.27. The van der Waals surface area contributed by atoms with E-state index in [0.717, 1.165) is 31.5 Å². The smallest absolute Gasteiger partial charge is 0.345 e. The van der Waals surface area contributed by atoms with Crippen LogP contribution in [-0.4, -0.2) is 31.3 Å². The molecular weight excluding hydrogens is 310 g/mol. The zero-order valence-electron chi connectivity index (χ0n) is 14.3. The van der Waals surface area contributed by atoms with Gasteiger partial charge in [-0.1, -0.05) is 12.8 Å². The molecule has 1 saturated carbocycles. The molecule has 8 heteroatoms. The quantitative estimate of drug-likeness (QED) is 0.899. The van der Waals surface area contributed by atoms with Crippen molar-refractivity contribution in [3.63, 3.8) is 0 Å². The lowest BCUT2D eigenvalue weighted by Gasteiger charge is -2.31. The maximum Gasteiger partial charge on any atom is 0.345 e. The molecule has 1 aliphatic carbocycles. The van der Waals surface area contributed by atoms with Gasteiger partial charge >= 0.3 is 11.6 Å². The lowest BCUT2D eigenvalue weighted by molar-refractivity contribution is 0.0868. The van der Waals surface area contributed by atoms with Crippen molar-refractivity contribution in [2.45, 2.75) is 45.1 Å². The first-order valence-electron chi connectivity index (χ1n) is 8.28. The fourth-order valence-corrected chi connectivity index (χ4v) is 3.35. The molecule has 130 valence electrons. The predicted molar refractivity (Wildman–Crippen MR) is 86.6 cm³/mol. The van der Waals surface area contributed by atoms with Crippen LogP contribution in [0.1, 0.15) is 48.0 Å². The van der Waals surface area contributed by atoms with Crippen LogP contribution in [0.4, 0.5) is 0 Å². The van der Waals surface area contributed by atoms with Gasteiger partial charge < -0.3 is 9.73 Å². The first-order chi connectivity index (χ1) is 11.5. The Hall–Kier alpha value is -2.38. The third-order valence-corrected chi connectivity index (χ3v) is 4.70. The predicted octanol–water partition coefficient (Wildman–Crippen LogP) is 0.947. The van der Waals surface area contributed by atoms with Crippen LogP contribution in [0.3, 0.4) is 0 Å². The van der Waals surface area contributed by atoms with Gasteiger partial charge in [-0.05, 0) is 25.7 Å². The Bertz CT molecular complexity index is 788. The number of hydrogen-bond donors (Lipinski definition) is 1. The van der Waals surface area contributed by atoms with Gasteiger partial charge in [0.25, 0.3) is 5.89 Å². The van der Waals surface area contributed by atoms with Gasteiger partial charge in [0.2, 0.25) is 0 Å². The summed E-state index contributed by atoms with van der Waals surface area (Å²) in [4.78, 5) is 28.1. The second-order valence-corrected chi connectivity index (χ2v) is 6.49. The van der Waals surface area contributed by atoms with Gasteiger partial charge in [-0.3, -0.25) is 9.36 Å². The molecular formula is C16H23N5O3. The highest BCUT2D eigenvalue weighted by Gasteiger charge is 2.29. The highest BCUT2D eigenvalue weighted by molar-refractivity contribution is 5.89. The van der Waals surface area contributed by atoms with E-state index in [4.69, 9.17) is 4.42 Å². The van der Waals surface area contributed by atoms with Crippen molar-refractivity contribution in [2.75, 3.05) is 0 Å². The molecule has 1 amide bonds.